The number of aryl methyl sites for hydroxylation is 1. The summed E-state index contributed by atoms with van der Waals surface area (Å²) in [4.78, 5) is 14.8. The van der Waals surface area contributed by atoms with Gasteiger partial charge in [-0.3, -0.25) is 4.79 Å². The number of nitrogens with one attached hydrogen (secondary N) is 2. The fourth-order valence-corrected chi connectivity index (χ4v) is 2.56. The van der Waals surface area contributed by atoms with Gasteiger partial charge in [-0.1, -0.05) is 0 Å². The number of carbonyl (C=O) groups excluding carboxylic acids is 1. The number of hydrogen-bond donors (Lipinski definition) is 3. The zero-order chi connectivity index (χ0) is 12.8. The van der Waals surface area contributed by atoms with Crippen LogP contribution in [0.25, 0.3) is 0 Å². The molecule has 3 N–H and O–H groups in total. The summed E-state index contributed by atoms with van der Waals surface area (Å²) in [7, 11) is 0. The van der Waals surface area contributed by atoms with Gasteiger partial charge in [-0.15, -0.1) is 0 Å². The summed E-state index contributed by atoms with van der Waals surface area (Å²) in [5.41, 5.74) is 1.18. The summed E-state index contributed by atoms with van der Waals surface area (Å²) in [5, 5.41) is 12.2. The normalized spacial score (nSPS) is 23.8. The largest absolute Gasteiger partial charge is 0.396 e. The molecule has 1 aliphatic rings. The van der Waals surface area contributed by atoms with Crippen molar-refractivity contribution in [3.63, 3.8) is 0 Å². The van der Waals surface area contributed by atoms with Crippen molar-refractivity contribution < 1.29 is 9.90 Å². The van der Waals surface area contributed by atoms with Crippen LogP contribution in [0.1, 0.15) is 37.7 Å². The van der Waals surface area contributed by atoms with Crippen LogP contribution in [-0.2, 0) is 11.2 Å². The van der Waals surface area contributed by atoms with Crippen LogP contribution in [0.4, 0.5) is 0 Å². The van der Waals surface area contributed by atoms with Crippen molar-refractivity contribution >= 4 is 5.91 Å². The second-order valence-electron chi connectivity index (χ2n) is 5.19. The third kappa shape index (κ3) is 3.88. The Hall–Kier alpha value is -1.29. The van der Waals surface area contributed by atoms with Gasteiger partial charge in [0.05, 0.1) is 0 Å². The van der Waals surface area contributed by atoms with E-state index in [9.17, 15) is 4.79 Å². The van der Waals surface area contributed by atoms with Gasteiger partial charge in [0.15, 0.2) is 0 Å². The van der Waals surface area contributed by atoms with Crippen LogP contribution in [0.2, 0.25) is 0 Å². The minimum atomic E-state index is 0.142. The highest BCUT2D eigenvalue weighted by Crippen LogP contribution is 2.23. The number of aliphatic hydroxyl groups excluding tert-OH is 1. The zero-order valence-corrected chi connectivity index (χ0v) is 10.7. The summed E-state index contributed by atoms with van der Waals surface area (Å²) >= 11 is 0. The van der Waals surface area contributed by atoms with E-state index < -0.39 is 0 Å². The summed E-state index contributed by atoms with van der Waals surface area (Å²) in [6, 6.07) is 2.31. The first-order valence-corrected chi connectivity index (χ1v) is 6.80. The Bertz CT molecular complexity index is 354. The van der Waals surface area contributed by atoms with Crippen molar-refractivity contribution in [2.45, 2.75) is 44.6 Å². The van der Waals surface area contributed by atoms with Crippen molar-refractivity contribution in [3.05, 3.63) is 24.0 Å². The van der Waals surface area contributed by atoms with E-state index in [-0.39, 0.29) is 12.5 Å². The highest BCUT2D eigenvalue weighted by Gasteiger charge is 2.21. The lowest BCUT2D eigenvalue weighted by atomic mass is 9.86. The molecule has 0 aromatic carbocycles. The van der Waals surface area contributed by atoms with Crippen molar-refractivity contribution in [1.29, 1.82) is 0 Å². The van der Waals surface area contributed by atoms with Gasteiger partial charge in [0, 0.05) is 31.5 Å². The molecule has 0 atom stereocenters. The predicted molar refractivity (Wildman–Crippen MR) is 70.1 cm³/mol. The number of H-pyrrole nitrogens is 1. The van der Waals surface area contributed by atoms with Crippen molar-refractivity contribution in [3.8, 4) is 0 Å². The molecule has 0 saturated heterocycles. The molecule has 4 nitrogen and oxygen atoms in total. The smallest absolute Gasteiger partial charge is 0.220 e. The highest BCUT2D eigenvalue weighted by molar-refractivity contribution is 5.76. The van der Waals surface area contributed by atoms with E-state index in [0.717, 1.165) is 32.1 Å². The third-order valence-electron chi connectivity index (χ3n) is 3.77. The first-order valence-electron chi connectivity index (χ1n) is 6.80. The van der Waals surface area contributed by atoms with Gasteiger partial charge in [-0.25, -0.2) is 0 Å². The maximum atomic E-state index is 11.8. The molecule has 0 radical (unpaired) electrons. The second-order valence-corrected chi connectivity index (χ2v) is 5.19. The van der Waals surface area contributed by atoms with Gasteiger partial charge < -0.3 is 15.4 Å². The lowest BCUT2D eigenvalue weighted by Gasteiger charge is -2.27. The molecule has 0 unspecified atom stereocenters. The molecule has 1 heterocycles. The maximum absolute atomic E-state index is 11.8. The van der Waals surface area contributed by atoms with E-state index in [2.05, 4.69) is 10.3 Å². The fourth-order valence-electron chi connectivity index (χ4n) is 2.56. The van der Waals surface area contributed by atoms with Crippen LogP contribution in [0, 0.1) is 5.92 Å². The van der Waals surface area contributed by atoms with Crippen LogP contribution >= 0.6 is 0 Å². The van der Waals surface area contributed by atoms with Gasteiger partial charge in [0.2, 0.25) is 5.91 Å². The first-order chi connectivity index (χ1) is 8.78. The lowest BCUT2D eigenvalue weighted by molar-refractivity contribution is -0.122. The monoisotopic (exact) mass is 250 g/mol. The molecule has 1 aromatic heterocycles. The van der Waals surface area contributed by atoms with Gasteiger partial charge in [0.25, 0.3) is 0 Å². The summed E-state index contributed by atoms with van der Waals surface area (Å²) in [5.74, 6) is 0.585. The van der Waals surface area contributed by atoms with E-state index in [1.165, 1.54) is 5.56 Å². The summed E-state index contributed by atoms with van der Waals surface area (Å²) < 4.78 is 0. The number of aliphatic hydroxyl groups is 1. The zero-order valence-electron chi connectivity index (χ0n) is 10.7. The summed E-state index contributed by atoms with van der Waals surface area (Å²) in [6.07, 6.45) is 9.21. The molecule has 2 rings (SSSR count). The SMILES string of the molecule is O=C(CCc1cc[nH]c1)NC1CCC(CO)CC1. The third-order valence-corrected chi connectivity index (χ3v) is 3.77. The minimum absolute atomic E-state index is 0.142. The Morgan fingerprint density at radius 1 is 1.39 bits per heavy atom. The van der Waals surface area contributed by atoms with Crippen molar-refractivity contribution in [1.82, 2.24) is 10.3 Å². The van der Waals surface area contributed by atoms with E-state index in [0.29, 0.717) is 18.4 Å². The molecular weight excluding hydrogens is 228 g/mol. The molecule has 4 heteroatoms. The van der Waals surface area contributed by atoms with E-state index in [1.807, 2.05) is 18.5 Å². The van der Waals surface area contributed by atoms with Crippen LogP contribution < -0.4 is 5.32 Å². The minimum Gasteiger partial charge on any atom is -0.396 e. The predicted octanol–water partition coefficient (Wildman–Crippen LogP) is 1.61. The van der Waals surface area contributed by atoms with Crippen molar-refractivity contribution in [2.75, 3.05) is 6.61 Å². The quantitative estimate of drug-likeness (QED) is 0.743. The van der Waals surface area contributed by atoms with Crippen LogP contribution in [0.5, 0.6) is 0 Å². The lowest BCUT2D eigenvalue weighted by Crippen LogP contribution is -2.38. The van der Waals surface area contributed by atoms with Gasteiger partial charge in [-0.05, 0) is 49.7 Å². The van der Waals surface area contributed by atoms with Crippen LogP contribution in [0.3, 0.4) is 0 Å². The standard InChI is InChI=1S/C14H22N2O2/c17-10-12-1-4-13(5-2-12)16-14(18)6-3-11-7-8-15-9-11/h7-9,12-13,15,17H,1-6,10H2,(H,16,18). The Morgan fingerprint density at radius 2 is 2.17 bits per heavy atom. The maximum Gasteiger partial charge on any atom is 0.220 e. The Morgan fingerprint density at radius 3 is 2.78 bits per heavy atom. The number of aromatic nitrogens is 1. The second kappa shape index (κ2) is 6.59. The molecule has 100 valence electrons. The Balaban J connectivity index is 1.65. The number of carbonyl (C=O) groups is 1. The van der Waals surface area contributed by atoms with Gasteiger partial charge in [-0.2, -0.15) is 0 Å². The van der Waals surface area contributed by atoms with Gasteiger partial charge in [0.1, 0.15) is 0 Å². The average Bonchev–Trinajstić information content (AvgIpc) is 2.90. The van der Waals surface area contributed by atoms with Crippen molar-refractivity contribution in [2.24, 2.45) is 5.92 Å². The molecule has 0 aliphatic heterocycles. The average molecular weight is 250 g/mol. The molecular formula is C14H22N2O2. The van der Waals surface area contributed by atoms with E-state index in [4.69, 9.17) is 5.11 Å². The number of amides is 1. The molecule has 18 heavy (non-hydrogen) atoms. The molecule has 1 fully saturated rings. The van der Waals surface area contributed by atoms with Crippen LogP contribution in [-0.4, -0.2) is 28.6 Å². The van der Waals surface area contributed by atoms with Crippen LogP contribution in [0.15, 0.2) is 18.5 Å². The molecule has 1 aromatic rings. The van der Waals surface area contributed by atoms with E-state index in [1.54, 1.807) is 0 Å². The molecule has 0 spiro atoms. The fraction of sp³-hybridized carbons (Fsp3) is 0.643. The molecule has 0 bridgehead atoms. The number of hydrogen-bond acceptors (Lipinski definition) is 2. The Labute approximate surface area is 108 Å². The Kier molecular flexibility index (Phi) is 4.81. The number of rotatable bonds is 5. The first kappa shape index (κ1) is 13.1. The van der Waals surface area contributed by atoms with E-state index >= 15 is 0 Å². The summed E-state index contributed by atoms with van der Waals surface area (Å²) in [6.45, 7) is 0.286. The molecule has 1 aliphatic carbocycles. The highest BCUT2D eigenvalue weighted by atomic mass is 16.3. The molecule has 1 saturated carbocycles. The topological polar surface area (TPSA) is 65.1 Å². The number of aromatic amines is 1. The molecule has 1 amide bonds. The van der Waals surface area contributed by atoms with Gasteiger partial charge >= 0.3 is 0 Å².